The summed E-state index contributed by atoms with van der Waals surface area (Å²) in [4.78, 5) is 0. The lowest BCUT2D eigenvalue weighted by atomic mass is 9.97. The number of rotatable bonds is 1. The summed E-state index contributed by atoms with van der Waals surface area (Å²) in [5, 5.41) is 9.02. The van der Waals surface area contributed by atoms with Gasteiger partial charge in [-0.2, -0.15) is 5.26 Å². The Morgan fingerprint density at radius 2 is 2.14 bits per heavy atom. The van der Waals surface area contributed by atoms with Crippen LogP contribution in [0.4, 0.5) is 5.69 Å². The number of nitrogens with zero attached hydrogens (tertiary/aromatic N) is 1. The molecule has 0 saturated heterocycles. The molecule has 0 heterocycles. The number of nitrogen functional groups attached to an aromatic ring is 1. The first-order valence-electron chi connectivity index (χ1n) is 4.85. The van der Waals surface area contributed by atoms with E-state index in [1.54, 1.807) is 6.07 Å². The lowest BCUT2D eigenvalue weighted by Crippen LogP contribution is -1.97. The molecule has 0 radical (unpaired) electrons. The van der Waals surface area contributed by atoms with E-state index in [9.17, 15) is 0 Å². The van der Waals surface area contributed by atoms with Crippen molar-refractivity contribution in [3.05, 3.63) is 29.3 Å². The number of anilines is 1. The molecular weight excluding hydrogens is 172 g/mol. The predicted octanol–water partition coefficient (Wildman–Crippen LogP) is 2.65. The Balaban J connectivity index is 2.46. The highest BCUT2D eigenvalue weighted by Gasteiger charge is 2.47. The van der Waals surface area contributed by atoms with E-state index >= 15 is 0 Å². The van der Waals surface area contributed by atoms with Gasteiger partial charge in [0.15, 0.2) is 0 Å². The van der Waals surface area contributed by atoms with E-state index in [0.717, 1.165) is 12.0 Å². The van der Waals surface area contributed by atoms with Gasteiger partial charge in [0.05, 0.1) is 5.56 Å². The highest BCUT2D eigenvalue weighted by Crippen LogP contribution is 2.59. The second-order valence-corrected chi connectivity index (χ2v) is 4.67. The highest BCUT2D eigenvalue weighted by molar-refractivity contribution is 5.60. The molecule has 1 fully saturated rings. The molecule has 0 aliphatic heterocycles. The van der Waals surface area contributed by atoms with Gasteiger partial charge >= 0.3 is 0 Å². The summed E-state index contributed by atoms with van der Waals surface area (Å²) in [5.74, 6) is 0.514. The van der Waals surface area contributed by atoms with Gasteiger partial charge in [0.2, 0.25) is 0 Å². The van der Waals surface area contributed by atoms with Gasteiger partial charge in [-0.25, -0.2) is 0 Å². The number of hydrogen-bond donors (Lipinski definition) is 1. The van der Waals surface area contributed by atoms with Gasteiger partial charge in [0, 0.05) is 5.69 Å². The lowest BCUT2D eigenvalue weighted by molar-refractivity contribution is 0.621. The summed E-state index contributed by atoms with van der Waals surface area (Å²) < 4.78 is 0. The van der Waals surface area contributed by atoms with Crippen LogP contribution in [0.2, 0.25) is 0 Å². The third-order valence-corrected chi connectivity index (χ3v) is 3.13. The van der Waals surface area contributed by atoms with E-state index in [1.165, 1.54) is 0 Å². The molecule has 0 amide bonds. The minimum Gasteiger partial charge on any atom is -0.398 e. The highest BCUT2D eigenvalue weighted by atomic mass is 14.6. The summed E-state index contributed by atoms with van der Waals surface area (Å²) in [6.45, 7) is 4.45. The minimum atomic E-state index is 0.347. The Bertz CT molecular complexity index is 413. The molecule has 2 rings (SSSR count). The molecule has 2 nitrogen and oxygen atoms in total. The second-order valence-electron chi connectivity index (χ2n) is 4.67. The molecule has 2 heteroatoms. The van der Waals surface area contributed by atoms with Crippen molar-refractivity contribution in [3.63, 3.8) is 0 Å². The van der Waals surface area contributed by atoms with Crippen molar-refractivity contribution < 1.29 is 0 Å². The van der Waals surface area contributed by atoms with Gasteiger partial charge in [-0.05, 0) is 29.4 Å². The van der Waals surface area contributed by atoms with Gasteiger partial charge in [-0.15, -0.1) is 0 Å². The molecule has 1 aliphatic carbocycles. The van der Waals surface area contributed by atoms with Crippen LogP contribution in [0.15, 0.2) is 18.2 Å². The molecule has 2 N–H and O–H groups in total. The quantitative estimate of drug-likeness (QED) is 0.685. The minimum absolute atomic E-state index is 0.347. The number of hydrogen-bond acceptors (Lipinski definition) is 2. The topological polar surface area (TPSA) is 49.8 Å². The number of nitriles is 1. The fraction of sp³-hybridized carbons (Fsp3) is 0.417. The Hall–Kier alpha value is -1.49. The molecular formula is C12H14N2. The fourth-order valence-electron chi connectivity index (χ4n) is 2.01. The molecule has 14 heavy (non-hydrogen) atoms. The Morgan fingerprint density at radius 1 is 1.50 bits per heavy atom. The van der Waals surface area contributed by atoms with Crippen LogP contribution in [0.1, 0.15) is 37.3 Å². The summed E-state index contributed by atoms with van der Waals surface area (Å²) >= 11 is 0. The van der Waals surface area contributed by atoms with Gasteiger partial charge < -0.3 is 5.73 Å². The molecule has 0 spiro atoms. The first-order valence-corrected chi connectivity index (χ1v) is 4.85. The molecule has 1 saturated carbocycles. The van der Waals surface area contributed by atoms with Crippen molar-refractivity contribution >= 4 is 5.69 Å². The van der Waals surface area contributed by atoms with E-state index < -0.39 is 0 Å². The molecule has 0 aromatic heterocycles. The Kier molecular flexibility index (Phi) is 1.78. The van der Waals surface area contributed by atoms with Gasteiger partial charge in [-0.1, -0.05) is 26.0 Å². The third-order valence-electron chi connectivity index (χ3n) is 3.13. The summed E-state index contributed by atoms with van der Waals surface area (Å²) in [5.41, 5.74) is 8.51. The molecule has 1 atom stereocenters. The second kappa shape index (κ2) is 2.75. The Labute approximate surface area is 84.3 Å². The maximum absolute atomic E-state index is 9.02. The summed E-state index contributed by atoms with van der Waals surface area (Å²) in [6, 6.07) is 7.94. The van der Waals surface area contributed by atoms with Crippen LogP contribution in [0.3, 0.4) is 0 Å². The average molecular weight is 186 g/mol. The van der Waals surface area contributed by atoms with Crippen LogP contribution in [-0.2, 0) is 0 Å². The van der Waals surface area contributed by atoms with Gasteiger partial charge in [-0.3, -0.25) is 0 Å². The van der Waals surface area contributed by atoms with E-state index in [4.69, 9.17) is 11.0 Å². The third kappa shape index (κ3) is 1.26. The molecule has 72 valence electrons. The van der Waals surface area contributed by atoms with Crippen LogP contribution >= 0.6 is 0 Å². The maximum atomic E-state index is 9.02. The van der Waals surface area contributed by atoms with E-state index in [1.807, 2.05) is 12.1 Å². The smallest absolute Gasteiger partial charge is 0.102 e. The van der Waals surface area contributed by atoms with Gasteiger partial charge in [0.25, 0.3) is 0 Å². The molecule has 1 aromatic carbocycles. The molecule has 1 unspecified atom stereocenters. The van der Waals surface area contributed by atoms with Crippen LogP contribution in [0.25, 0.3) is 0 Å². The lowest BCUT2D eigenvalue weighted by Gasteiger charge is -2.07. The predicted molar refractivity (Wildman–Crippen MR) is 56.7 cm³/mol. The largest absolute Gasteiger partial charge is 0.398 e. The first-order chi connectivity index (χ1) is 6.56. The van der Waals surface area contributed by atoms with Gasteiger partial charge in [0.1, 0.15) is 6.07 Å². The van der Waals surface area contributed by atoms with Crippen LogP contribution in [-0.4, -0.2) is 0 Å². The van der Waals surface area contributed by atoms with E-state index in [-0.39, 0.29) is 0 Å². The van der Waals surface area contributed by atoms with E-state index in [0.29, 0.717) is 22.6 Å². The standard InChI is InChI=1S/C12H14N2/c1-12(2)6-10(12)8-4-3-5-11(14)9(8)7-13/h3-5,10H,6,14H2,1-2H3. The van der Waals surface area contributed by atoms with Crippen molar-refractivity contribution in [1.82, 2.24) is 0 Å². The van der Waals surface area contributed by atoms with Crippen LogP contribution in [0, 0.1) is 16.7 Å². The molecule has 1 aliphatic rings. The van der Waals surface area contributed by atoms with Crippen LogP contribution < -0.4 is 5.73 Å². The normalized spacial score (nSPS) is 22.8. The SMILES string of the molecule is CC1(C)CC1c1cccc(N)c1C#N. The van der Waals surface area contributed by atoms with Crippen molar-refractivity contribution in [2.24, 2.45) is 5.41 Å². The monoisotopic (exact) mass is 186 g/mol. The zero-order chi connectivity index (χ0) is 10.3. The van der Waals surface area contributed by atoms with Crippen LogP contribution in [0.5, 0.6) is 0 Å². The number of benzene rings is 1. The zero-order valence-corrected chi connectivity index (χ0v) is 8.54. The zero-order valence-electron chi connectivity index (χ0n) is 8.54. The van der Waals surface area contributed by atoms with E-state index in [2.05, 4.69) is 19.9 Å². The first kappa shape index (κ1) is 9.08. The number of nitrogens with two attached hydrogens (primary N) is 1. The fourth-order valence-corrected chi connectivity index (χ4v) is 2.01. The van der Waals surface area contributed by atoms with Crippen molar-refractivity contribution in [2.75, 3.05) is 5.73 Å². The summed E-state index contributed by atoms with van der Waals surface area (Å²) in [7, 11) is 0. The van der Waals surface area contributed by atoms with Crippen molar-refractivity contribution in [2.45, 2.75) is 26.2 Å². The molecule has 0 bridgehead atoms. The summed E-state index contributed by atoms with van der Waals surface area (Å²) in [6.07, 6.45) is 1.16. The average Bonchev–Trinajstić information content (AvgIpc) is 2.74. The maximum Gasteiger partial charge on any atom is 0.102 e. The van der Waals surface area contributed by atoms with Crippen molar-refractivity contribution in [3.8, 4) is 6.07 Å². The molecule has 1 aromatic rings. The van der Waals surface area contributed by atoms with Crippen molar-refractivity contribution in [1.29, 1.82) is 5.26 Å². The Morgan fingerprint density at radius 3 is 2.64 bits per heavy atom.